The van der Waals surface area contributed by atoms with Crippen LogP contribution in [0.5, 0.6) is 0 Å². The second-order valence-electron chi connectivity index (χ2n) is 3.06. The van der Waals surface area contributed by atoms with Crippen LogP contribution in [0.15, 0.2) is 0 Å². The molecule has 84 valence electrons. The van der Waals surface area contributed by atoms with Crippen LogP contribution in [0.25, 0.3) is 0 Å². The van der Waals surface area contributed by atoms with Crippen LogP contribution in [0.2, 0.25) is 0 Å². The second kappa shape index (κ2) is 5.23. The average Bonchev–Trinajstić information content (AvgIpc) is 2.12. The molecular weight excluding hydrogens is 194 g/mol. The topological polar surface area (TPSA) is 144 Å². The molecule has 7 N–H and O–H groups in total. The van der Waals surface area contributed by atoms with Gasteiger partial charge in [0.25, 0.3) is 0 Å². The third-order valence-electron chi connectivity index (χ3n) is 1.81. The Labute approximate surface area is 80.4 Å². The summed E-state index contributed by atoms with van der Waals surface area (Å²) in [5.41, 5.74) is 4.65. The van der Waals surface area contributed by atoms with Gasteiger partial charge < -0.3 is 31.3 Å². The van der Waals surface area contributed by atoms with E-state index in [-0.39, 0.29) is 0 Å². The Kier molecular flexibility index (Phi) is 4.95. The summed E-state index contributed by atoms with van der Waals surface area (Å²) in [4.78, 5) is 10.4. The molecule has 14 heavy (non-hydrogen) atoms. The van der Waals surface area contributed by atoms with Crippen LogP contribution in [0.4, 0.5) is 0 Å². The summed E-state index contributed by atoms with van der Waals surface area (Å²) in [5, 5.41) is 45.1. The highest BCUT2D eigenvalue weighted by Crippen LogP contribution is 2.07. The molecule has 1 amide bonds. The molecule has 0 bridgehead atoms. The fourth-order valence-electron chi connectivity index (χ4n) is 0.842. The van der Waals surface area contributed by atoms with Crippen molar-refractivity contribution in [3.63, 3.8) is 0 Å². The Balaban J connectivity index is 4.37. The summed E-state index contributed by atoms with van der Waals surface area (Å²) in [6.45, 7) is 1.18. The Morgan fingerprint density at radius 1 is 1.00 bits per heavy atom. The molecule has 0 aromatic heterocycles. The van der Waals surface area contributed by atoms with Gasteiger partial charge in [-0.1, -0.05) is 0 Å². The summed E-state index contributed by atoms with van der Waals surface area (Å²) >= 11 is 0. The van der Waals surface area contributed by atoms with Crippen molar-refractivity contribution >= 4 is 5.91 Å². The molecule has 0 heterocycles. The number of carbonyl (C=O) groups excluding carboxylic acids is 1. The van der Waals surface area contributed by atoms with E-state index < -0.39 is 36.4 Å². The predicted molar refractivity (Wildman–Crippen MR) is 44.9 cm³/mol. The molecule has 0 saturated carbocycles. The van der Waals surface area contributed by atoms with Crippen molar-refractivity contribution in [2.75, 3.05) is 0 Å². The van der Waals surface area contributed by atoms with E-state index in [1.54, 1.807) is 0 Å². The number of nitrogens with two attached hydrogens (primary N) is 1. The lowest BCUT2D eigenvalue weighted by Gasteiger charge is -2.26. The van der Waals surface area contributed by atoms with E-state index >= 15 is 0 Å². The van der Waals surface area contributed by atoms with Crippen LogP contribution in [0, 0.1) is 0 Å². The molecule has 0 unspecified atom stereocenters. The number of carbonyl (C=O) groups is 1. The molecule has 0 aliphatic carbocycles. The first-order valence-corrected chi connectivity index (χ1v) is 3.98. The van der Waals surface area contributed by atoms with E-state index in [1.165, 1.54) is 6.92 Å². The highest BCUT2D eigenvalue weighted by atomic mass is 16.4. The van der Waals surface area contributed by atoms with Gasteiger partial charge in [-0.2, -0.15) is 0 Å². The average molecular weight is 209 g/mol. The number of aliphatic hydroxyl groups excluding tert-OH is 5. The molecule has 0 aliphatic rings. The fourth-order valence-corrected chi connectivity index (χ4v) is 0.842. The van der Waals surface area contributed by atoms with E-state index in [1.807, 2.05) is 0 Å². The molecule has 0 spiro atoms. The number of amides is 1. The molecule has 7 nitrogen and oxygen atoms in total. The Hall–Kier alpha value is -0.730. The summed E-state index contributed by atoms with van der Waals surface area (Å²) in [6.07, 6.45) is -8.74. The SMILES string of the molecule is C[C@@H](O)[C@H](O)[C@H](O)[C@H](O)[C@H](O)C(N)=O. The van der Waals surface area contributed by atoms with Gasteiger partial charge in [0.2, 0.25) is 5.91 Å². The van der Waals surface area contributed by atoms with Crippen LogP contribution < -0.4 is 5.73 Å². The molecular formula is C7H15NO6. The molecule has 0 aliphatic heterocycles. The molecule has 7 heteroatoms. The zero-order chi connectivity index (χ0) is 11.5. The summed E-state index contributed by atoms with van der Waals surface area (Å²) < 4.78 is 0. The van der Waals surface area contributed by atoms with Gasteiger partial charge >= 0.3 is 0 Å². The summed E-state index contributed by atoms with van der Waals surface area (Å²) in [5.74, 6) is -1.23. The van der Waals surface area contributed by atoms with Crippen molar-refractivity contribution in [1.82, 2.24) is 0 Å². The number of aliphatic hydroxyl groups is 5. The Bertz CT molecular complexity index is 197. The molecule has 0 aromatic rings. The van der Waals surface area contributed by atoms with Crippen molar-refractivity contribution in [1.29, 1.82) is 0 Å². The molecule has 0 aromatic carbocycles. The number of primary amides is 1. The van der Waals surface area contributed by atoms with E-state index in [0.717, 1.165) is 0 Å². The minimum Gasteiger partial charge on any atom is -0.391 e. The fraction of sp³-hybridized carbons (Fsp3) is 0.857. The first kappa shape index (κ1) is 13.3. The van der Waals surface area contributed by atoms with Crippen LogP contribution in [0.1, 0.15) is 6.92 Å². The summed E-state index contributed by atoms with van der Waals surface area (Å²) in [6, 6.07) is 0. The lowest BCUT2D eigenvalue weighted by atomic mass is 10.00. The van der Waals surface area contributed by atoms with Crippen molar-refractivity contribution < 1.29 is 30.3 Å². The second-order valence-corrected chi connectivity index (χ2v) is 3.06. The zero-order valence-electron chi connectivity index (χ0n) is 7.61. The first-order chi connectivity index (χ1) is 6.29. The number of hydrogen-bond acceptors (Lipinski definition) is 6. The molecule has 0 radical (unpaired) electrons. The van der Waals surface area contributed by atoms with Gasteiger partial charge in [0.15, 0.2) is 6.10 Å². The molecule has 0 fully saturated rings. The maximum Gasteiger partial charge on any atom is 0.249 e. The lowest BCUT2D eigenvalue weighted by Crippen LogP contribution is -2.52. The minimum absolute atomic E-state index is 1.18. The lowest BCUT2D eigenvalue weighted by molar-refractivity contribution is -0.150. The van der Waals surface area contributed by atoms with Gasteiger partial charge in [0.05, 0.1) is 6.10 Å². The Morgan fingerprint density at radius 3 is 1.71 bits per heavy atom. The number of hydrogen-bond donors (Lipinski definition) is 6. The van der Waals surface area contributed by atoms with Gasteiger partial charge in [-0.25, -0.2) is 0 Å². The van der Waals surface area contributed by atoms with Gasteiger partial charge in [0.1, 0.15) is 18.3 Å². The molecule has 0 rings (SSSR count). The smallest absolute Gasteiger partial charge is 0.249 e. The third kappa shape index (κ3) is 3.20. The van der Waals surface area contributed by atoms with E-state index in [0.29, 0.717) is 0 Å². The standard InChI is InChI=1S/C7H15NO6/c1-2(9)3(10)4(11)5(12)6(13)7(8)14/h2-6,9-13H,1H3,(H2,8,14)/t2-,3+,4+,5+,6+/m1/s1. The maximum atomic E-state index is 10.4. The normalized spacial score (nSPS) is 22.1. The molecule has 5 atom stereocenters. The summed E-state index contributed by atoms with van der Waals surface area (Å²) in [7, 11) is 0. The van der Waals surface area contributed by atoms with E-state index in [2.05, 4.69) is 5.73 Å². The largest absolute Gasteiger partial charge is 0.391 e. The highest BCUT2D eigenvalue weighted by Gasteiger charge is 2.34. The van der Waals surface area contributed by atoms with Gasteiger partial charge in [-0.15, -0.1) is 0 Å². The van der Waals surface area contributed by atoms with Gasteiger partial charge in [-0.05, 0) is 6.92 Å². The van der Waals surface area contributed by atoms with E-state index in [4.69, 9.17) is 25.5 Å². The van der Waals surface area contributed by atoms with Crippen molar-refractivity contribution in [3.8, 4) is 0 Å². The van der Waals surface area contributed by atoms with Crippen LogP contribution in [-0.4, -0.2) is 62.0 Å². The maximum absolute atomic E-state index is 10.4. The predicted octanol–water partition coefficient (Wildman–Crippen LogP) is -3.70. The van der Waals surface area contributed by atoms with Crippen molar-refractivity contribution in [2.45, 2.75) is 37.4 Å². The van der Waals surface area contributed by atoms with Crippen molar-refractivity contribution in [3.05, 3.63) is 0 Å². The number of rotatable bonds is 5. The zero-order valence-corrected chi connectivity index (χ0v) is 7.61. The quantitative estimate of drug-likeness (QED) is 0.275. The van der Waals surface area contributed by atoms with Crippen LogP contribution >= 0.6 is 0 Å². The van der Waals surface area contributed by atoms with Crippen LogP contribution in [-0.2, 0) is 4.79 Å². The van der Waals surface area contributed by atoms with Crippen LogP contribution in [0.3, 0.4) is 0 Å². The van der Waals surface area contributed by atoms with E-state index in [9.17, 15) is 4.79 Å². The minimum atomic E-state index is -1.99. The Morgan fingerprint density at radius 2 is 1.43 bits per heavy atom. The molecule has 0 saturated heterocycles. The van der Waals surface area contributed by atoms with Crippen molar-refractivity contribution in [2.24, 2.45) is 5.73 Å². The van der Waals surface area contributed by atoms with Gasteiger partial charge in [0, 0.05) is 0 Å². The van der Waals surface area contributed by atoms with Gasteiger partial charge in [-0.3, -0.25) is 4.79 Å². The highest BCUT2D eigenvalue weighted by molar-refractivity contribution is 5.79. The monoisotopic (exact) mass is 209 g/mol. The first-order valence-electron chi connectivity index (χ1n) is 3.98. The third-order valence-corrected chi connectivity index (χ3v) is 1.81.